The van der Waals surface area contributed by atoms with E-state index in [0.29, 0.717) is 19.5 Å². The quantitative estimate of drug-likeness (QED) is 0.676. The van der Waals surface area contributed by atoms with Gasteiger partial charge in [0.2, 0.25) is 5.91 Å². The van der Waals surface area contributed by atoms with Crippen molar-refractivity contribution < 1.29 is 9.32 Å². The summed E-state index contributed by atoms with van der Waals surface area (Å²) in [5, 5.41) is 8.64. The van der Waals surface area contributed by atoms with E-state index in [1.165, 1.54) is 0 Å². The van der Waals surface area contributed by atoms with E-state index in [9.17, 15) is 4.79 Å². The van der Waals surface area contributed by atoms with E-state index in [1.807, 2.05) is 48.6 Å². The number of rotatable bonds is 4. The number of piperazine rings is 1. The lowest BCUT2D eigenvalue weighted by Crippen LogP contribution is -2.49. The molecule has 4 rings (SSSR count). The average Bonchev–Trinajstić information content (AvgIpc) is 3.21. The fourth-order valence-corrected chi connectivity index (χ4v) is 3.99. The molecule has 0 N–H and O–H groups in total. The first-order chi connectivity index (χ1) is 14.0. The van der Waals surface area contributed by atoms with Crippen LogP contribution in [0.25, 0.3) is 5.82 Å². The van der Waals surface area contributed by atoms with Crippen LogP contribution in [0.5, 0.6) is 0 Å². The van der Waals surface area contributed by atoms with E-state index < -0.39 is 0 Å². The van der Waals surface area contributed by atoms with Crippen LogP contribution in [0.4, 0.5) is 5.69 Å². The van der Waals surface area contributed by atoms with Crippen molar-refractivity contribution in [3.05, 3.63) is 52.8 Å². The summed E-state index contributed by atoms with van der Waals surface area (Å²) in [7, 11) is 0. The van der Waals surface area contributed by atoms with Gasteiger partial charge in [-0.15, -0.1) is 0 Å². The summed E-state index contributed by atoms with van der Waals surface area (Å²) in [5.41, 5.74) is 4.87. The summed E-state index contributed by atoms with van der Waals surface area (Å²) < 4.78 is 7.07. The SMILES string of the molecule is Cc1noc(C)c1CC(=O)N1CCN(c2c(C)nn(-c3ccccn3)c2C)CC1. The van der Waals surface area contributed by atoms with Crippen molar-refractivity contribution in [1.82, 2.24) is 24.8 Å². The normalized spacial score (nSPS) is 14.5. The van der Waals surface area contributed by atoms with E-state index in [-0.39, 0.29) is 5.91 Å². The standard InChI is InChI=1S/C21H26N6O2/c1-14-18(17(4)29-24-14)13-20(28)25-9-11-26(12-10-25)21-15(2)23-27(16(21)3)19-7-5-6-8-22-19/h5-8H,9-13H2,1-4H3. The largest absolute Gasteiger partial charge is 0.365 e. The molecule has 4 heterocycles. The highest BCUT2D eigenvalue weighted by atomic mass is 16.5. The maximum absolute atomic E-state index is 12.7. The molecule has 0 aromatic carbocycles. The zero-order chi connectivity index (χ0) is 20.5. The summed E-state index contributed by atoms with van der Waals surface area (Å²) >= 11 is 0. The number of carbonyl (C=O) groups excluding carboxylic acids is 1. The number of pyridine rings is 1. The summed E-state index contributed by atoms with van der Waals surface area (Å²) in [4.78, 5) is 21.4. The van der Waals surface area contributed by atoms with Crippen molar-refractivity contribution in [2.45, 2.75) is 34.1 Å². The van der Waals surface area contributed by atoms with Crippen LogP contribution in [0.15, 0.2) is 28.9 Å². The van der Waals surface area contributed by atoms with E-state index in [2.05, 4.69) is 22.0 Å². The number of amides is 1. The number of aromatic nitrogens is 4. The summed E-state index contributed by atoms with van der Waals surface area (Å²) in [5.74, 6) is 1.66. The maximum Gasteiger partial charge on any atom is 0.227 e. The van der Waals surface area contributed by atoms with Crippen LogP contribution in [0.1, 0.15) is 28.4 Å². The molecule has 0 atom stereocenters. The molecule has 1 saturated heterocycles. The predicted molar refractivity (Wildman–Crippen MR) is 109 cm³/mol. The zero-order valence-corrected chi connectivity index (χ0v) is 17.3. The Morgan fingerprint density at radius 3 is 2.45 bits per heavy atom. The van der Waals surface area contributed by atoms with Gasteiger partial charge in [0.15, 0.2) is 5.82 Å². The van der Waals surface area contributed by atoms with Gasteiger partial charge in [0.05, 0.1) is 29.2 Å². The third-order valence-electron chi connectivity index (χ3n) is 5.58. The Bertz CT molecular complexity index is 996. The molecule has 1 aliphatic heterocycles. The van der Waals surface area contributed by atoms with Crippen LogP contribution in [0.3, 0.4) is 0 Å². The van der Waals surface area contributed by atoms with Gasteiger partial charge in [-0.1, -0.05) is 11.2 Å². The molecule has 3 aromatic heterocycles. The molecule has 0 bridgehead atoms. The van der Waals surface area contributed by atoms with Gasteiger partial charge in [-0.05, 0) is 39.8 Å². The number of hydrogen-bond donors (Lipinski definition) is 0. The molecule has 0 unspecified atom stereocenters. The van der Waals surface area contributed by atoms with Crippen LogP contribution in [-0.2, 0) is 11.2 Å². The molecular weight excluding hydrogens is 368 g/mol. The highest BCUT2D eigenvalue weighted by Gasteiger charge is 2.26. The van der Waals surface area contributed by atoms with Crippen molar-refractivity contribution in [2.75, 3.05) is 31.1 Å². The lowest BCUT2D eigenvalue weighted by atomic mass is 10.1. The van der Waals surface area contributed by atoms with Crippen molar-refractivity contribution in [1.29, 1.82) is 0 Å². The Morgan fingerprint density at radius 2 is 1.83 bits per heavy atom. The monoisotopic (exact) mass is 394 g/mol. The minimum Gasteiger partial charge on any atom is -0.365 e. The average molecular weight is 394 g/mol. The summed E-state index contributed by atoms with van der Waals surface area (Å²) in [6, 6.07) is 5.81. The molecule has 0 saturated carbocycles. The van der Waals surface area contributed by atoms with Gasteiger partial charge in [-0.25, -0.2) is 9.67 Å². The smallest absolute Gasteiger partial charge is 0.227 e. The number of hydrogen-bond acceptors (Lipinski definition) is 6. The Balaban J connectivity index is 1.45. The molecule has 0 spiro atoms. The molecule has 152 valence electrons. The first kappa shape index (κ1) is 19.2. The predicted octanol–water partition coefficient (Wildman–Crippen LogP) is 2.38. The highest BCUT2D eigenvalue weighted by molar-refractivity contribution is 5.79. The van der Waals surface area contributed by atoms with Crippen LogP contribution < -0.4 is 4.90 Å². The van der Waals surface area contributed by atoms with Crippen LogP contribution >= 0.6 is 0 Å². The Kier molecular flexibility index (Phi) is 5.08. The lowest BCUT2D eigenvalue weighted by Gasteiger charge is -2.36. The number of anilines is 1. The molecule has 1 amide bonds. The molecule has 0 aliphatic carbocycles. The van der Waals surface area contributed by atoms with Crippen molar-refractivity contribution >= 4 is 11.6 Å². The first-order valence-corrected chi connectivity index (χ1v) is 9.87. The second-order valence-electron chi connectivity index (χ2n) is 7.47. The van der Waals surface area contributed by atoms with Crippen molar-refractivity contribution in [2.24, 2.45) is 0 Å². The van der Waals surface area contributed by atoms with E-state index in [0.717, 1.165) is 53.0 Å². The highest BCUT2D eigenvalue weighted by Crippen LogP contribution is 2.27. The van der Waals surface area contributed by atoms with Gasteiger partial charge < -0.3 is 14.3 Å². The van der Waals surface area contributed by atoms with Gasteiger partial charge >= 0.3 is 0 Å². The number of carbonyl (C=O) groups is 1. The van der Waals surface area contributed by atoms with Gasteiger partial charge in [-0.2, -0.15) is 5.10 Å². The van der Waals surface area contributed by atoms with Gasteiger partial charge in [0, 0.05) is 37.9 Å². The maximum atomic E-state index is 12.7. The fraction of sp³-hybridized carbons (Fsp3) is 0.429. The molecule has 8 nitrogen and oxygen atoms in total. The third-order valence-corrected chi connectivity index (χ3v) is 5.58. The summed E-state index contributed by atoms with van der Waals surface area (Å²) in [6.45, 7) is 10.8. The second-order valence-corrected chi connectivity index (χ2v) is 7.47. The van der Waals surface area contributed by atoms with Gasteiger partial charge in [0.1, 0.15) is 5.76 Å². The number of nitrogens with zero attached hydrogens (tertiary/aromatic N) is 6. The summed E-state index contributed by atoms with van der Waals surface area (Å²) in [6.07, 6.45) is 2.12. The van der Waals surface area contributed by atoms with Crippen LogP contribution in [0.2, 0.25) is 0 Å². The molecule has 1 aliphatic rings. The minimum atomic E-state index is 0.122. The van der Waals surface area contributed by atoms with Gasteiger partial charge in [0.25, 0.3) is 0 Å². The Hall–Kier alpha value is -3.16. The van der Waals surface area contributed by atoms with E-state index in [4.69, 9.17) is 9.62 Å². The molecule has 3 aromatic rings. The second kappa shape index (κ2) is 7.69. The van der Waals surface area contributed by atoms with Crippen molar-refractivity contribution in [3.8, 4) is 5.82 Å². The fourth-order valence-electron chi connectivity index (χ4n) is 3.99. The third kappa shape index (κ3) is 3.62. The van der Waals surface area contributed by atoms with Crippen LogP contribution in [0, 0.1) is 27.7 Å². The van der Waals surface area contributed by atoms with E-state index >= 15 is 0 Å². The lowest BCUT2D eigenvalue weighted by molar-refractivity contribution is -0.130. The molecule has 29 heavy (non-hydrogen) atoms. The minimum absolute atomic E-state index is 0.122. The first-order valence-electron chi connectivity index (χ1n) is 9.87. The Morgan fingerprint density at radius 1 is 1.07 bits per heavy atom. The van der Waals surface area contributed by atoms with Crippen molar-refractivity contribution in [3.63, 3.8) is 0 Å². The molecule has 8 heteroatoms. The number of aryl methyl sites for hydroxylation is 3. The molecular formula is C21H26N6O2. The molecule has 0 radical (unpaired) electrons. The molecule has 1 fully saturated rings. The Labute approximate surface area is 170 Å². The van der Waals surface area contributed by atoms with E-state index in [1.54, 1.807) is 6.20 Å². The van der Waals surface area contributed by atoms with Gasteiger partial charge in [-0.3, -0.25) is 4.79 Å². The zero-order valence-electron chi connectivity index (χ0n) is 17.3. The topological polar surface area (TPSA) is 80.3 Å². The van der Waals surface area contributed by atoms with Crippen LogP contribution in [-0.4, -0.2) is 56.9 Å².